The molecule has 1 aromatic carbocycles. The molecular weight excluding hydrogens is 364 g/mol. The molecule has 0 spiro atoms. The van der Waals surface area contributed by atoms with Crippen LogP contribution in [-0.4, -0.2) is 29.5 Å². The zero-order valence-electron chi connectivity index (χ0n) is 15.3. The van der Waals surface area contributed by atoms with Crippen molar-refractivity contribution in [2.45, 2.75) is 32.1 Å². The van der Waals surface area contributed by atoms with Gasteiger partial charge in [-0.2, -0.15) is 0 Å². The van der Waals surface area contributed by atoms with E-state index in [1.54, 1.807) is 37.6 Å². The van der Waals surface area contributed by atoms with E-state index >= 15 is 0 Å². The van der Waals surface area contributed by atoms with Gasteiger partial charge < -0.3 is 15.4 Å². The Kier molecular flexibility index (Phi) is 6.65. The van der Waals surface area contributed by atoms with Gasteiger partial charge in [0.05, 0.1) is 12.1 Å². The number of benzene rings is 1. The number of halogens is 1. The molecule has 0 saturated heterocycles. The first-order chi connectivity index (χ1) is 13.2. The van der Waals surface area contributed by atoms with Crippen LogP contribution in [0.1, 0.15) is 42.6 Å². The molecule has 0 aliphatic heterocycles. The number of hydrogen-bond acceptors (Lipinski definition) is 5. The topological polar surface area (TPSA) is 76.1 Å². The zero-order valence-corrected chi connectivity index (χ0v) is 16.1. The fraction of sp³-hybridized carbons (Fsp3) is 0.350. The zero-order chi connectivity index (χ0) is 19.1. The van der Waals surface area contributed by atoms with Crippen molar-refractivity contribution in [1.82, 2.24) is 15.3 Å². The first-order valence-corrected chi connectivity index (χ1v) is 9.43. The number of rotatable bonds is 7. The van der Waals surface area contributed by atoms with Gasteiger partial charge in [0.2, 0.25) is 5.95 Å². The number of carbonyl (C=O) groups excluding carboxylic acids is 1. The summed E-state index contributed by atoms with van der Waals surface area (Å²) >= 11 is 6.12. The second-order valence-corrected chi connectivity index (χ2v) is 6.76. The average Bonchev–Trinajstić information content (AvgIpc) is 2.69. The predicted molar refractivity (Wildman–Crippen MR) is 107 cm³/mol. The second kappa shape index (κ2) is 9.37. The van der Waals surface area contributed by atoms with Crippen LogP contribution in [0.15, 0.2) is 42.1 Å². The number of carbonyl (C=O) groups is 1. The SMILES string of the molecule is COc1ccc(Nc2nccc(C(=O)NCCC3=CCCCC3)n2)cc1Cl. The maximum absolute atomic E-state index is 12.3. The van der Waals surface area contributed by atoms with Gasteiger partial charge in [-0.25, -0.2) is 9.97 Å². The molecule has 2 aromatic rings. The van der Waals surface area contributed by atoms with Crippen molar-refractivity contribution >= 4 is 29.1 Å². The van der Waals surface area contributed by atoms with Gasteiger partial charge >= 0.3 is 0 Å². The van der Waals surface area contributed by atoms with E-state index in [0.29, 0.717) is 34.6 Å². The van der Waals surface area contributed by atoms with E-state index in [0.717, 1.165) is 19.3 Å². The van der Waals surface area contributed by atoms with Crippen LogP contribution < -0.4 is 15.4 Å². The lowest BCUT2D eigenvalue weighted by molar-refractivity contribution is 0.0949. The molecule has 0 fully saturated rings. The molecule has 1 amide bonds. The molecule has 3 rings (SSSR count). The molecule has 1 heterocycles. The summed E-state index contributed by atoms with van der Waals surface area (Å²) in [5.41, 5.74) is 2.47. The Bertz CT molecular complexity index is 838. The van der Waals surface area contributed by atoms with Crippen molar-refractivity contribution in [3.63, 3.8) is 0 Å². The highest BCUT2D eigenvalue weighted by atomic mass is 35.5. The van der Waals surface area contributed by atoms with Crippen molar-refractivity contribution in [1.29, 1.82) is 0 Å². The maximum atomic E-state index is 12.3. The molecule has 6 nitrogen and oxygen atoms in total. The summed E-state index contributed by atoms with van der Waals surface area (Å²) in [6.45, 7) is 0.617. The molecule has 0 bridgehead atoms. The number of anilines is 2. The first-order valence-electron chi connectivity index (χ1n) is 9.05. The molecule has 0 saturated carbocycles. The number of amides is 1. The fourth-order valence-corrected chi connectivity index (χ4v) is 3.24. The summed E-state index contributed by atoms with van der Waals surface area (Å²) in [5.74, 6) is 0.716. The Hall–Kier alpha value is -2.60. The number of ether oxygens (including phenoxy) is 1. The largest absolute Gasteiger partial charge is 0.495 e. The summed E-state index contributed by atoms with van der Waals surface area (Å²) < 4.78 is 5.13. The minimum atomic E-state index is -0.204. The van der Waals surface area contributed by atoms with Gasteiger partial charge in [0, 0.05) is 18.4 Å². The van der Waals surface area contributed by atoms with Crippen LogP contribution in [0.5, 0.6) is 5.75 Å². The lowest BCUT2D eigenvalue weighted by atomic mass is 9.97. The van der Waals surface area contributed by atoms with Gasteiger partial charge in [-0.1, -0.05) is 23.3 Å². The van der Waals surface area contributed by atoms with Crippen LogP contribution in [0.25, 0.3) is 0 Å². The highest BCUT2D eigenvalue weighted by Gasteiger charge is 2.10. The van der Waals surface area contributed by atoms with Gasteiger partial charge in [-0.05, 0) is 56.4 Å². The predicted octanol–water partition coefficient (Wildman–Crippen LogP) is 4.50. The van der Waals surface area contributed by atoms with E-state index < -0.39 is 0 Å². The lowest BCUT2D eigenvalue weighted by Gasteiger charge is -2.13. The van der Waals surface area contributed by atoms with Gasteiger partial charge in [0.25, 0.3) is 5.91 Å². The van der Waals surface area contributed by atoms with Gasteiger partial charge in [0.1, 0.15) is 11.4 Å². The number of hydrogen-bond donors (Lipinski definition) is 2. The normalized spacial score (nSPS) is 13.6. The quantitative estimate of drug-likeness (QED) is 0.685. The van der Waals surface area contributed by atoms with Crippen LogP contribution in [0.4, 0.5) is 11.6 Å². The highest BCUT2D eigenvalue weighted by Crippen LogP contribution is 2.28. The van der Waals surface area contributed by atoms with E-state index in [4.69, 9.17) is 16.3 Å². The van der Waals surface area contributed by atoms with E-state index in [-0.39, 0.29) is 5.91 Å². The molecule has 2 N–H and O–H groups in total. The van der Waals surface area contributed by atoms with Crippen LogP contribution in [0.2, 0.25) is 5.02 Å². The van der Waals surface area contributed by atoms with Crippen LogP contribution in [0, 0.1) is 0 Å². The van der Waals surface area contributed by atoms with Crippen molar-refractivity contribution in [2.24, 2.45) is 0 Å². The average molecular weight is 387 g/mol. The van der Waals surface area contributed by atoms with Crippen molar-refractivity contribution in [3.05, 3.63) is 52.8 Å². The fourth-order valence-electron chi connectivity index (χ4n) is 2.98. The summed E-state index contributed by atoms with van der Waals surface area (Å²) in [5, 5.41) is 6.45. The first kappa shape index (κ1) is 19.2. The van der Waals surface area contributed by atoms with Crippen LogP contribution in [0.3, 0.4) is 0 Å². The molecule has 7 heteroatoms. The number of nitrogens with zero attached hydrogens (tertiary/aromatic N) is 2. The van der Waals surface area contributed by atoms with E-state index in [9.17, 15) is 4.79 Å². The van der Waals surface area contributed by atoms with E-state index in [2.05, 4.69) is 26.7 Å². The lowest BCUT2D eigenvalue weighted by Crippen LogP contribution is -2.26. The molecule has 142 valence electrons. The number of aromatic nitrogens is 2. The Morgan fingerprint density at radius 1 is 1.30 bits per heavy atom. The van der Waals surface area contributed by atoms with Gasteiger partial charge in [-0.3, -0.25) is 4.79 Å². The summed E-state index contributed by atoms with van der Waals surface area (Å²) in [4.78, 5) is 20.8. The molecule has 0 unspecified atom stereocenters. The standard InChI is InChI=1S/C20H23ClN4O2/c1-27-18-8-7-15(13-16(18)21)24-20-23-12-10-17(25-20)19(26)22-11-9-14-5-3-2-4-6-14/h5,7-8,10,12-13H,2-4,6,9,11H2,1H3,(H,22,26)(H,23,24,25). The smallest absolute Gasteiger partial charge is 0.270 e. The Morgan fingerprint density at radius 2 is 2.19 bits per heavy atom. The van der Waals surface area contributed by atoms with Gasteiger partial charge in [-0.15, -0.1) is 0 Å². The van der Waals surface area contributed by atoms with Crippen molar-refractivity contribution in [3.8, 4) is 5.75 Å². The van der Waals surface area contributed by atoms with Crippen LogP contribution in [-0.2, 0) is 0 Å². The number of methoxy groups -OCH3 is 1. The molecule has 1 aliphatic rings. The minimum absolute atomic E-state index is 0.204. The third-order valence-electron chi connectivity index (χ3n) is 4.41. The van der Waals surface area contributed by atoms with Crippen molar-refractivity contribution in [2.75, 3.05) is 19.0 Å². The number of nitrogens with one attached hydrogen (secondary N) is 2. The van der Waals surface area contributed by atoms with Crippen LogP contribution >= 0.6 is 11.6 Å². The van der Waals surface area contributed by atoms with Crippen molar-refractivity contribution < 1.29 is 9.53 Å². The number of allylic oxidation sites excluding steroid dienone is 1. The third kappa shape index (κ3) is 5.44. The Balaban J connectivity index is 1.58. The second-order valence-electron chi connectivity index (χ2n) is 6.35. The molecule has 1 aliphatic carbocycles. The summed E-state index contributed by atoms with van der Waals surface area (Å²) in [6, 6.07) is 6.87. The Labute approximate surface area is 164 Å². The summed E-state index contributed by atoms with van der Waals surface area (Å²) in [7, 11) is 1.56. The summed E-state index contributed by atoms with van der Waals surface area (Å²) in [6.07, 6.45) is 9.55. The Morgan fingerprint density at radius 3 is 2.93 bits per heavy atom. The molecule has 27 heavy (non-hydrogen) atoms. The van der Waals surface area contributed by atoms with Gasteiger partial charge in [0.15, 0.2) is 0 Å². The molecule has 1 aromatic heterocycles. The molecular formula is C20H23ClN4O2. The van der Waals surface area contributed by atoms with E-state index in [1.165, 1.54) is 18.4 Å². The monoisotopic (exact) mass is 386 g/mol. The molecule has 0 atom stereocenters. The molecule has 0 radical (unpaired) electrons. The highest BCUT2D eigenvalue weighted by molar-refractivity contribution is 6.32. The maximum Gasteiger partial charge on any atom is 0.270 e. The minimum Gasteiger partial charge on any atom is -0.495 e. The third-order valence-corrected chi connectivity index (χ3v) is 4.71. The van der Waals surface area contributed by atoms with E-state index in [1.807, 2.05) is 0 Å².